The number of hydrogen-bond acceptors (Lipinski definition) is 5. The van der Waals surface area contributed by atoms with Gasteiger partial charge in [0.15, 0.2) is 5.82 Å². The van der Waals surface area contributed by atoms with Crippen LogP contribution in [0.15, 0.2) is 57.2 Å². The summed E-state index contributed by atoms with van der Waals surface area (Å²) in [6.45, 7) is 7.14. The number of aromatic nitrogens is 2. The highest BCUT2D eigenvalue weighted by Gasteiger charge is 2.25. The average molecular weight is 497 g/mol. The van der Waals surface area contributed by atoms with E-state index in [0.717, 1.165) is 27.8 Å². The molecule has 1 fully saturated rings. The van der Waals surface area contributed by atoms with Gasteiger partial charge in [-0.3, -0.25) is 5.32 Å². The van der Waals surface area contributed by atoms with Gasteiger partial charge in [0.25, 0.3) is 0 Å². The second kappa shape index (κ2) is 9.56. The minimum Gasteiger partial charge on any atom is -0.439 e. The monoisotopic (exact) mass is 496 g/mol. The molecule has 4 rings (SSSR count). The topological polar surface area (TPSA) is 80.5 Å². The lowest BCUT2D eigenvalue weighted by Gasteiger charge is -2.33. The van der Waals surface area contributed by atoms with Gasteiger partial charge in [0.05, 0.1) is 0 Å². The molecule has 1 aliphatic rings. The van der Waals surface area contributed by atoms with Gasteiger partial charge in [0.2, 0.25) is 5.88 Å². The first-order chi connectivity index (χ1) is 15.4. The van der Waals surface area contributed by atoms with Gasteiger partial charge in [0.1, 0.15) is 11.5 Å². The zero-order valence-electron chi connectivity index (χ0n) is 18.3. The largest absolute Gasteiger partial charge is 0.439 e. The van der Waals surface area contributed by atoms with Crippen LogP contribution in [-0.4, -0.2) is 34.2 Å². The zero-order valence-corrected chi connectivity index (χ0v) is 19.8. The predicted octanol–water partition coefficient (Wildman–Crippen LogP) is 6.20. The van der Waals surface area contributed by atoms with Gasteiger partial charge >= 0.3 is 6.03 Å². The third-order valence-corrected chi connectivity index (χ3v) is 6.07. The SMILES string of the molecule is Cc1onc(NC(=O)N2CCC(=Cc3cccc(Oc4ccc(Br)cn4)c3)C(C)C2)c1C. The van der Waals surface area contributed by atoms with Crippen LogP contribution in [0.1, 0.15) is 30.2 Å². The van der Waals surface area contributed by atoms with Crippen molar-refractivity contribution in [3.8, 4) is 11.6 Å². The van der Waals surface area contributed by atoms with Gasteiger partial charge in [0, 0.05) is 35.4 Å². The van der Waals surface area contributed by atoms with Crippen molar-refractivity contribution in [1.82, 2.24) is 15.0 Å². The Hall–Kier alpha value is -3.13. The molecule has 1 atom stereocenters. The Morgan fingerprint density at radius 3 is 2.84 bits per heavy atom. The molecule has 2 amide bonds. The Kier molecular flexibility index (Phi) is 6.60. The molecular formula is C24H25BrN4O3. The first-order valence-electron chi connectivity index (χ1n) is 10.5. The number of hydrogen-bond donors (Lipinski definition) is 1. The van der Waals surface area contributed by atoms with Crippen LogP contribution in [0.2, 0.25) is 0 Å². The summed E-state index contributed by atoms with van der Waals surface area (Å²) < 4.78 is 11.9. The third kappa shape index (κ3) is 5.19. The van der Waals surface area contributed by atoms with E-state index in [-0.39, 0.29) is 11.9 Å². The van der Waals surface area contributed by atoms with E-state index in [4.69, 9.17) is 9.26 Å². The van der Waals surface area contributed by atoms with Crippen LogP contribution < -0.4 is 10.1 Å². The number of likely N-dealkylation sites (tertiary alicyclic amines) is 1. The van der Waals surface area contributed by atoms with E-state index in [0.29, 0.717) is 30.5 Å². The van der Waals surface area contributed by atoms with Crippen LogP contribution >= 0.6 is 15.9 Å². The van der Waals surface area contributed by atoms with Gasteiger partial charge in [-0.05, 0) is 65.9 Å². The Labute approximate surface area is 195 Å². The number of ether oxygens (including phenoxy) is 1. The minimum absolute atomic E-state index is 0.148. The minimum atomic E-state index is -0.148. The maximum Gasteiger partial charge on any atom is 0.323 e. The fraction of sp³-hybridized carbons (Fsp3) is 0.292. The zero-order chi connectivity index (χ0) is 22.7. The van der Waals surface area contributed by atoms with Gasteiger partial charge in [-0.1, -0.05) is 35.9 Å². The normalized spacial score (nSPS) is 17.4. The van der Waals surface area contributed by atoms with E-state index in [1.54, 1.807) is 6.20 Å². The summed E-state index contributed by atoms with van der Waals surface area (Å²) >= 11 is 3.38. The van der Waals surface area contributed by atoms with Crippen molar-refractivity contribution in [2.24, 2.45) is 5.92 Å². The number of amides is 2. The van der Waals surface area contributed by atoms with Crippen molar-refractivity contribution >= 4 is 33.9 Å². The Morgan fingerprint density at radius 1 is 1.31 bits per heavy atom. The first-order valence-corrected chi connectivity index (χ1v) is 11.3. The van der Waals surface area contributed by atoms with Crippen LogP contribution in [0.3, 0.4) is 0 Å². The van der Waals surface area contributed by atoms with Crippen LogP contribution in [0.5, 0.6) is 11.6 Å². The molecule has 1 aliphatic heterocycles. The van der Waals surface area contributed by atoms with E-state index in [9.17, 15) is 4.79 Å². The molecule has 0 aliphatic carbocycles. The summed E-state index contributed by atoms with van der Waals surface area (Å²) in [5.74, 6) is 2.71. The highest BCUT2D eigenvalue weighted by molar-refractivity contribution is 9.10. The molecule has 166 valence electrons. The molecular weight excluding hydrogens is 472 g/mol. The summed E-state index contributed by atoms with van der Waals surface area (Å²) in [5, 5.41) is 6.78. The van der Waals surface area contributed by atoms with Gasteiger partial charge < -0.3 is 14.2 Å². The van der Waals surface area contributed by atoms with Crippen LogP contribution in [0.25, 0.3) is 6.08 Å². The van der Waals surface area contributed by atoms with Crippen LogP contribution in [0, 0.1) is 19.8 Å². The molecule has 32 heavy (non-hydrogen) atoms. The number of aryl methyl sites for hydroxylation is 1. The second-order valence-electron chi connectivity index (χ2n) is 7.95. The fourth-order valence-corrected chi connectivity index (χ4v) is 3.82. The number of nitrogens with one attached hydrogen (secondary N) is 1. The Morgan fingerprint density at radius 2 is 2.16 bits per heavy atom. The molecule has 1 saturated heterocycles. The molecule has 2 aromatic heterocycles. The Balaban J connectivity index is 1.40. The number of halogens is 1. The smallest absolute Gasteiger partial charge is 0.323 e. The van der Waals surface area contributed by atoms with Crippen molar-refractivity contribution in [2.75, 3.05) is 18.4 Å². The number of piperidine rings is 1. The molecule has 3 heterocycles. The van der Waals surface area contributed by atoms with Crippen molar-refractivity contribution in [3.63, 3.8) is 0 Å². The molecule has 0 bridgehead atoms. The molecule has 3 aromatic rings. The molecule has 7 nitrogen and oxygen atoms in total. The lowest BCUT2D eigenvalue weighted by Crippen LogP contribution is -2.42. The van der Waals surface area contributed by atoms with Gasteiger partial charge in [-0.15, -0.1) is 0 Å². The van der Waals surface area contributed by atoms with Crippen molar-refractivity contribution in [3.05, 3.63) is 69.5 Å². The highest BCUT2D eigenvalue weighted by atomic mass is 79.9. The molecule has 1 N–H and O–H groups in total. The first kappa shape index (κ1) is 22.1. The van der Waals surface area contributed by atoms with Crippen molar-refractivity contribution in [2.45, 2.75) is 27.2 Å². The number of rotatable bonds is 4. The lowest BCUT2D eigenvalue weighted by molar-refractivity contribution is 0.197. The summed E-state index contributed by atoms with van der Waals surface area (Å²) in [5.41, 5.74) is 3.22. The number of pyridine rings is 1. The maximum atomic E-state index is 12.7. The molecule has 8 heteroatoms. The molecule has 0 spiro atoms. The van der Waals surface area contributed by atoms with E-state index in [1.165, 1.54) is 5.57 Å². The summed E-state index contributed by atoms with van der Waals surface area (Å²) in [6.07, 6.45) is 4.70. The van der Waals surface area contributed by atoms with Crippen molar-refractivity contribution < 1.29 is 14.1 Å². The van der Waals surface area contributed by atoms with Crippen LogP contribution in [-0.2, 0) is 0 Å². The van der Waals surface area contributed by atoms with Gasteiger partial charge in [-0.25, -0.2) is 9.78 Å². The summed E-state index contributed by atoms with van der Waals surface area (Å²) in [7, 11) is 0. The molecule has 0 radical (unpaired) electrons. The van der Waals surface area contributed by atoms with E-state index in [1.807, 2.05) is 49.1 Å². The van der Waals surface area contributed by atoms with Gasteiger partial charge in [-0.2, -0.15) is 0 Å². The number of benzene rings is 1. The fourth-order valence-electron chi connectivity index (χ4n) is 3.59. The Bertz CT molecular complexity index is 1140. The summed E-state index contributed by atoms with van der Waals surface area (Å²) in [4.78, 5) is 18.7. The lowest BCUT2D eigenvalue weighted by atomic mass is 9.91. The third-order valence-electron chi connectivity index (χ3n) is 5.60. The molecule has 1 aromatic carbocycles. The summed E-state index contributed by atoms with van der Waals surface area (Å²) in [6, 6.07) is 11.5. The number of urea groups is 1. The number of carbonyl (C=O) groups excluding carboxylic acids is 1. The predicted molar refractivity (Wildman–Crippen MR) is 127 cm³/mol. The van der Waals surface area contributed by atoms with E-state index in [2.05, 4.69) is 50.5 Å². The quantitative estimate of drug-likeness (QED) is 0.464. The molecule has 0 saturated carbocycles. The number of nitrogens with zero attached hydrogens (tertiary/aromatic N) is 3. The number of carbonyl (C=O) groups is 1. The highest BCUT2D eigenvalue weighted by Crippen LogP contribution is 2.28. The van der Waals surface area contributed by atoms with E-state index < -0.39 is 0 Å². The standard InChI is InChI=1S/C24H25BrN4O3/c1-15-14-29(24(30)27-23-16(2)17(3)32-28-23)10-9-19(15)11-18-5-4-6-21(12-18)31-22-8-7-20(25)13-26-22/h4-8,11-13,15H,9-10,14H2,1-3H3,(H,27,28,30). The average Bonchev–Trinajstić information content (AvgIpc) is 3.09. The van der Waals surface area contributed by atoms with Crippen LogP contribution in [0.4, 0.5) is 10.6 Å². The van der Waals surface area contributed by atoms with Crippen molar-refractivity contribution in [1.29, 1.82) is 0 Å². The molecule has 1 unspecified atom stereocenters. The van der Waals surface area contributed by atoms with E-state index >= 15 is 0 Å². The maximum absolute atomic E-state index is 12.7. The number of anilines is 1. The second-order valence-corrected chi connectivity index (χ2v) is 8.86.